The highest BCUT2D eigenvalue weighted by Gasteiger charge is 2.23. The van der Waals surface area contributed by atoms with Crippen LogP contribution in [-0.4, -0.2) is 21.3 Å². The van der Waals surface area contributed by atoms with E-state index in [1.165, 1.54) is 0 Å². The second-order valence-electron chi connectivity index (χ2n) is 5.00. The molecule has 0 aliphatic rings. The molecule has 0 aliphatic carbocycles. The Labute approximate surface area is 97.4 Å². The molecule has 0 saturated carbocycles. The van der Waals surface area contributed by atoms with Gasteiger partial charge in [-0.2, -0.15) is 0 Å². The van der Waals surface area contributed by atoms with Crippen molar-refractivity contribution >= 4 is 9.84 Å². The van der Waals surface area contributed by atoms with Crippen molar-refractivity contribution in [1.29, 1.82) is 0 Å². The van der Waals surface area contributed by atoms with Crippen LogP contribution in [0.5, 0.6) is 5.75 Å². The summed E-state index contributed by atoms with van der Waals surface area (Å²) in [4.78, 5) is 0.350. The summed E-state index contributed by atoms with van der Waals surface area (Å²) in [5.74, 6) is 0.807. The van der Waals surface area contributed by atoms with Crippen molar-refractivity contribution in [2.24, 2.45) is 5.41 Å². The first kappa shape index (κ1) is 13.0. The van der Waals surface area contributed by atoms with Crippen LogP contribution in [0.3, 0.4) is 0 Å². The molecule has 0 N–H and O–H groups in total. The van der Waals surface area contributed by atoms with Crippen molar-refractivity contribution in [2.75, 3.05) is 12.9 Å². The van der Waals surface area contributed by atoms with E-state index in [0.717, 1.165) is 0 Å². The zero-order valence-corrected chi connectivity index (χ0v) is 11.0. The lowest BCUT2D eigenvalue weighted by atomic mass is 10.0. The van der Waals surface area contributed by atoms with Gasteiger partial charge in [-0.15, -0.1) is 0 Å². The molecule has 3 nitrogen and oxygen atoms in total. The van der Waals surface area contributed by atoms with Gasteiger partial charge in [0.1, 0.15) is 5.75 Å². The van der Waals surface area contributed by atoms with E-state index in [4.69, 9.17) is 4.74 Å². The fourth-order valence-electron chi connectivity index (χ4n) is 1.44. The van der Waals surface area contributed by atoms with Gasteiger partial charge in [-0.1, -0.05) is 20.8 Å². The van der Waals surface area contributed by atoms with Gasteiger partial charge in [0.2, 0.25) is 0 Å². The van der Waals surface area contributed by atoms with Crippen molar-refractivity contribution in [1.82, 2.24) is 0 Å². The Morgan fingerprint density at radius 3 is 2.00 bits per heavy atom. The molecule has 0 aromatic heterocycles. The van der Waals surface area contributed by atoms with Gasteiger partial charge in [-0.3, -0.25) is 0 Å². The van der Waals surface area contributed by atoms with Crippen LogP contribution in [0.4, 0.5) is 0 Å². The van der Waals surface area contributed by atoms with Crippen LogP contribution in [0, 0.1) is 5.41 Å². The summed E-state index contributed by atoms with van der Waals surface area (Å²) in [6.45, 7) is 5.73. The van der Waals surface area contributed by atoms with E-state index >= 15 is 0 Å². The Balaban J connectivity index is 2.99. The molecule has 0 fully saturated rings. The van der Waals surface area contributed by atoms with Crippen molar-refractivity contribution in [2.45, 2.75) is 25.7 Å². The van der Waals surface area contributed by atoms with E-state index in [1.807, 2.05) is 20.8 Å². The lowest BCUT2D eigenvalue weighted by molar-refractivity contribution is 0.414. The van der Waals surface area contributed by atoms with E-state index in [9.17, 15) is 8.42 Å². The molecule has 0 atom stereocenters. The van der Waals surface area contributed by atoms with Gasteiger partial charge >= 0.3 is 0 Å². The Hall–Kier alpha value is -1.03. The van der Waals surface area contributed by atoms with Gasteiger partial charge in [0.15, 0.2) is 9.84 Å². The van der Waals surface area contributed by atoms with Crippen molar-refractivity contribution in [3.8, 4) is 5.75 Å². The fourth-order valence-corrected chi connectivity index (χ4v) is 3.29. The largest absolute Gasteiger partial charge is 0.497 e. The number of ether oxygens (including phenoxy) is 1. The van der Waals surface area contributed by atoms with Gasteiger partial charge in [0.25, 0.3) is 0 Å². The Morgan fingerprint density at radius 1 is 1.12 bits per heavy atom. The summed E-state index contributed by atoms with van der Waals surface area (Å²) in [5.41, 5.74) is -0.237. The van der Waals surface area contributed by atoms with Gasteiger partial charge in [0, 0.05) is 0 Å². The summed E-state index contributed by atoms with van der Waals surface area (Å²) in [6, 6.07) is 6.49. The Morgan fingerprint density at radius 2 is 1.62 bits per heavy atom. The molecule has 0 spiro atoms. The molecular formula is C12H18O3S. The van der Waals surface area contributed by atoms with Crippen LogP contribution in [0.25, 0.3) is 0 Å². The maximum atomic E-state index is 12.0. The molecule has 0 amide bonds. The standard InChI is InChI=1S/C12H18O3S/c1-12(2,3)9-16(13,14)11-7-5-10(15-4)6-8-11/h5-8H,9H2,1-4H3. The van der Waals surface area contributed by atoms with Crippen LogP contribution in [0.15, 0.2) is 29.2 Å². The van der Waals surface area contributed by atoms with E-state index in [0.29, 0.717) is 10.6 Å². The minimum Gasteiger partial charge on any atom is -0.497 e. The number of benzene rings is 1. The first-order valence-corrected chi connectivity index (χ1v) is 6.77. The molecular weight excluding hydrogens is 224 g/mol. The van der Waals surface area contributed by atoms with Gasteiger partial charge in [-0.05, 0) is 29.7 Å². The van der Waals surface area contributed by atoms with Crippen LogP contribution < -0.4 is 4.74 Å². The first-order valence-electron chi connectivity index (χ1n) is 5.11. The SMILES string of the molecule is COc1ccc(S(=O)(=O)CC(C)(C)C)cc1. The highest BCUT2D eigenvalue weighted by atomic mass is 32.2. The molecule has 90 valence electrons. The second kappa shape index (κ2) is 4.45. The smallest absolute Gasteiger partial charge is 0.178 e. The lowest BCUT2D eigenvalue weighted by Crippen LogP contribution is -2.20. The number of sulfone groups is 1. The second-order valence-corrected chi connectivity index (χ2v) is 6.98. The monoisotopic (exact) mass is 242 g/mol. The predicted molar refractivity (Wildman–Crippen MR) is 64.5 cm³/mol. The number of hydrogen-bond donors (Lipinski definition) is 0. The molecule has 1 aromatic carbocycles. The highest BCUT2D eigenvalue weighted by Crippen LogP contribution is 2.23. The minimum atomic E-state index is -3.20. The Kier molecular flexibility index (Phi) is 3.63. The molecule has 1 rings (SSSR count). The maximum absolute atomic E-state index is 12.0. The molecule has 1 aromatic rings. The predicted octanol–water partition coefficient (Wildman–Crippen LogP) is 2.52. The Bertz CT molecular complexity index is 438. The van der Waals surface area contributed by atoms with Crippen molar-refractivity contribution < 1.29 is 13.2 Å². The molecule has 0 aliphatic heterocycles. The number of rotatable bonds is 3. The average molecular weight is 242 g/mol. The highest BCUT2D eigenvalue weighted by molar-refractivity contribution is 7.91. The van der Waals surface area contributed by atoms with Crippen LogP contribution in [0.2, 0.25) is 0 Å². The van der Waals surface area contributed by atoms with Crippen molar-refractivity contribution in [3.05, 3.63) is 24.3 Å². The molecule has 0 saturated heterocycles. The lowest BCUT2D eigenvalue weighted by Gasteiger charge is -2.18. The quantitative estimate of drug-likeness (QED) is 0.818. The van der Waals surface area contributed by atoms with Crippen molar-refractivity contribution in [3.63, 3.8) is 0 Å². The van der Waals surface area contributed by atoms with Crippen LogP contribution in [-0.2, 0) is 9.84 Å². The molecule has 4 heteroatoms. The van der Waals surface area contributed by atoms with E-state index in [2.05, 4.69) is 0 Å². The zero-order chi connectivity index (χ0) is 12.4. The van der Waals surface area contributed by atoms with Gasteiger partial charge in [-0.25, -0.2) is 8.42 Å². The third kappa shape index (κ3) is 3.52. The molecule has 0 heterocycles. The third-order valence-electron chi connectivity index (χ3n) is 2.04. The topological polar surface area (TPSA) is 43.4 Å². The average Bonchev–Trinajstić information content (AvgIpc) is 2.14. The van der Waals surface area contributed by atoms with Gasteiger partial charge < -0.3 is 4.74 Å². The molecule has 0 bridgehead atoms. The number of hydrogen-bond acceptors (Lipinski definition) is 3. The molecule has 0 radical (unpaired) electrons. The van der Waals surface area contributed by atoms with E-state index in [-0.39, 0.29) is 11.2 Å². The normalized spacial score (nSPS) is 12.5. The van der Waals surface area contributed by atoms with E-state index in [1.54, 1.807) is 31.4 Å². The summed E-state index contributed by atoms with van der Waals surface area (Å²) in [7, 11) is -1.64. The summed E-state index contributed by atoms with van der Waals surface area (Å²) in [5, 5.41) is 0. The van der Waals surface area contributed by atoms with Gasteiger partial charge in [0.05, 0.1) is 17.8 Å². The molecule has 0 unspecified atom stereocenters. The van der Waals surface area contributed by atoms with E-state index < -0.39 is 9.84 Å². The van der Waals surface area contributed by atoms with Crippen LogP contribution >= 0.6 is 0 Å². The number of methoxy groups -OCH3 is 1. The summed E-state index contributed by atoms with van der Waals surface area (Å²) < 4.78 is 29.0. The third-order valence-corrected chi connectivity index (χ3v) is 4.28. The summed E-state index contributed by atoms with van der Waals surface area (Å²) in [6.07, 6.45) is 0. The minimum absolute atomic E-state index is 0.145. The van der Waals surface area contributed by atoms with Crippen LogP contribution in [0.1, 0.15) is 20.8 Å². The maximum Gasteiger partial charge on any atom is 0.178 e. The first-order chi connectivity index (χ1) is 7.24. The zero-order valence-electron chi connectivity index (χ0n) is 10.1. The fraction of sp³-hybridized carbons (Fsp3) is 0.500. The molecule has 16 heavy (non-hydrogen) atoms. The summed E-state index contributed by atoms with van der Waals surface area (Å²) >= 11 is 0.